The summed E-state index contributed by atoms with van der Waals surface area (Å²) in [7, 11) is 2.29. The highest BCUT2D eigenvalue weighted by molar-refractivity contribution is 5.30. The van der Waals surface area contributed by atoms with Crippen LogP contribution in [0.25, 0.3) is 0 Å². The van der Waals surface area contributed by atoms with Gasteiger partial charge in [-0.2, -0.15) is 0 Å². The Morgan fingerprint density at radius 1 is 1.19 bits per heavy atom. The summed E-state index contributed by atoms with van der Waals surface area (Å²) in [5.74, 6) is 0. The fourth-order valence-corrected chi connectivity index (χ4v) is 3.81. The normalized spacial score (nSPS) is 23.2. The van der Waals surface area contributed by atoms with Crippen LogP contribution in [0.1, 0.15) is 49.3 Å². The van der Waals surface area contributed by atoms with Crippen molar-refractivity contribution in [3.8, 4) is 0 Å². The third-order valence-corrected chi connectivity index (χ3v) is 5.16. The summed E-state index contributed by atoms with van der Waals surface area (Å²) < 4.78 is 0. The molecule has 1 atom stereocenters. The molecule has 3 heteroatoms. The molecule has 1 unspecified atom stereocenters. The van der Waals surface area contributed by atoms with Crippen molar-refractivity contribution in [2.45, 2.75) is 50.7 Å². The van der Waals surface area contributed by atoms with Crippen LogP contribution in [-0.2, 0) is 6.54 Å². The highest BCUT2D eigenvalue weighted by Gasteiger charge is 2.20. The average molecular weight is 287 g/mol. The monoisotopic (exact) mass is 287 g/mol. The molecular formula is C18H29N3. The Hall–Kier alpha value is -0.900. The molecule has 116 valence electrons. The molecule has 1 aliphatic heterocycles. The molecule has 0 saturated heterocycles. The molecule has 0 bridgehead atoms. The summed E-state index contributed by atoms with van der Waals surface area (Å²) in [6, 6.07) is 10.2. The number of fused-ring (bicyclic) bond motifs is 1. The first-order chi connectivity index (χ1) is 10.3. The highest BCUT2D eigenvalue weighted by Crippen LogP contribution is 2.24. The second-order valence-corrected chi connectivity index (χ2v) is 6.59. The second-order valence-electron chi connectivity index (χ2n) is 6.59. The summed E-state index contributed by atoms with van der Waals surface area (Å²) in [6.45, 7) is 4.36. The number of nitrogens with one attached hydrogen (secondary N) is 2. The maximum Gasteiger partial charge on any atom is 0.0336 e. The van der Waals surface area contributed by atoms with Crippen molar-refractivity contribution in [3.05, 3.63) is 35.4 Å². The van der Waals surface area contributed by atoms with Crippen LogP contribution in [0.5, 0.6) is 0 Å². The lowest BCUT2D eigenvalue weighted by atomic mass is 9.99. The zero-order valence-electron chi connectivity index (χ0n) is 13.3. The van der Waals surface area contributed by atoms with Crippen LogP contribution in [0.15, 0.2) is 24.3 Å². The van der Waals surface area contributed by atoms with Gasteiger partial charge < -0.3 is 15.5 Å². The number of hydrogen-bond acceptors (Lipinski definition) is 3. The Kier molecular flexibility index (Phi) is 5.28. The molecule has 2 N–H and O–H groups in total. The van der Waals surface area contributed by atoms with E-state index in [-0.39, 0.29) is 0 Å². The van der Waals surface area contributed by atoms with E-state index in [9.17, 15) is 0 Å². The first-order valence-electron chi connectivity index (χ1n) is 8.57. The first kappa shape index (κ1) is 15.0. The van der Waals surface area contributed by atoms with Gasteiger partial charge in [-0.3, -0.25) is 0 Å². The number of rotatable bonds is 5. The van der Waals surface area contributed by atoms with Crippen molar-refractivity contribution in [2.75, 3.05) is 26.7 Å². The molecule has 1 heterocycles. The van der Waals surface area contributed by atoms with Crippen molar-refractivity contribution in [1.82, 2.24) is 15.5 Å². The molecule has 3 nitrogen and oxygen atoms in total. The van der Waals surface area contributed by atoms with Crippen LogP contribution in [0.2, 0.25) is 0 Å². The van der Waals surface area contributed by atoms with Crippen LogP contribution in [-0.4, -0.2) is 37.6 Å². The van der Waals surface area contributed by atoms with Crippen LogP contribution in [0.4, 0.5) is 0 Å². The number of hydrogen-bond donors (Lipinski definition) is 2. The van der Waals surface area contributed by atoms with Gasteiger partial charge in [-0.05, 0) is 44.0 Å². The van der Waals surface area contributed by atoms with Crippen LogP contribution in [0.3, 0.4) is 0 Å². The van der Waals surface area contributed by atoms with Crippen LogP contribution in [0, 0.1) is 0 Å². The Morgan fingerprint density at radius 3 is 2.86 bits per heavy atom. The minimum Gasteiger partial charge on any atom is -0.313 e. The van der Waals surface area contributed by atoms with Crippen molar-refractivity contribution < 1.29 is 0 Å². The zero-order chi connectivity index (χ0) is 14.5. The van der Waals surface area contributed by atoms with Crippen LogP contribution < -0.4 is 10.6 Å². The maximum absolute atomic E-state index is 3.79. The standard InChI is InChI=1S/C18H29N3/c1-21(16-7-3-4-8-16)13-12-20-18-10-11-19-14-15-6-2-5-9-17(15)18/h2,5-6,9,16,18-20H,3-4,7-8,10-14H2,1H3. The van der Waals surface area contributed by atoms with Crippen molar-refractivity contribution in [3.63, 3.8) is 0 Å². The van der Waals surface area contributed by atoms with E-state index in [0.717, 1.165) is 32.2 Å². The predicted octanol–water partition coefficient (Wildman–Crippen LogP) is 2.69. The van der Waals surface area contributed by atoms with Crippen molar-refractivity contribution in [1.29, 1.82) is 0 Å². The van der Waals surface area contributed by atoms with E-state index in [4.69, 9.17) is 0 Å². The summed E-state index contributed by atoms with van der Waals surface area (Å²) in [6.07, 6.45) is 6.82. The van der Waals surface area contributed by atoms with Gasteiger partial charge in [0.2, 0.25) is 0 Å². The molecule has 1 aromatic carbocycles. The zero-order valence-corrected chi connectivity index (χ0v) is 13.3. The summed E-state index contributed by atoms with van der Waals surface area (Å²) >= 11 is 0. The predicted molar refractivity (Wildman–Crippen MR) is 88.4 cm³/mol. The van der Waals surface area contributed by atoms with Gasteiger partial charge in [-0.15, -0.1) is 0 Å². The quantitative estimate of drug-likeness (QED) is 0.872. The molecule has 0 amide bonds. The molecule has 0 spiro atoms. The fraction of sp³-hybridized carbons (Fsp3) is 0.667. The fourth-order valence-electron chi connectivity index (χ4n) is 3.81. The SMILES string of the molecule is CN(CCNC1CCNCc2ccccc21)C1CCCC1. The van der Waals surface area contributed by atoms with Gasteiger partial charge in [0.25, 0.3) is 0 Å². The van der Waals surface area contributed by atoms with Gasteiger partial charge in [-0.25, -0.2) is 0 Å². The van der Waals surface area contributed by atoms with Gasteiger partial charge in [0.05, 0.1) is 0 Å². The van der Waals surface area contributed by atoms with Crippen LogP contribution >= 0.6 is 0 Å². The van der Waals surface area contributed by atoms with E-state index < -0.39 is 0 Å². The van der Waals surface area contributed by atoms with E-state index in [1.807, 2.05) is 0 Å². The van der Waals surface area contributed by atoms with Gasteiger partial charge >= 0.3 is 0 Å². The second kappa shape index (κ2) is 7.39. The molecular weight excluding hydrogens is 258 g/mol. The lowest BCUT2D eigenvalue weighted by Gasteiger charge is -2.26. The third kappa shape index (κ3) is 3.85. The lowest BCUT2D eigenvalue weighted by molar-refractivity contribution is 0.241. The first-order valence-corrected chi connectivity index (χ1v) is 8.57. The van der Waals surface area contributed by atoms with Gasteiger partial charge in [0.1, 0.15) is 0 Å². The Labute approximate surface area is 129 Å². The Balaban J connectivity index is 1.52. The van der Waals surface area contributed by atoms with Gasteiger partial charge in [0.15, 0.2) is 0 Å². The third-order valence-electron chi connectivity index (χ3n) is 5.16. The topological polar surface area (TPSA) is 27.3 Å². The molecule has 0 radical (unpaired) electrons. The van der Waals surface area contributed by atoms with Crippen molar-refractivity contribution >= 4 is 0 Å². The molecule has 1 fully saturated rings. The highest BCUT2D eigenvalue weighted by atomic mass is 15.1. The van der Waals surface area contributed by atoms with E-state index in [2.05, 4.69) is 46.8 Å². The van der Waals surface area contributed by atoms with E-state index in [1.54, 1.807) is 0 Å². The Bertz CT molecular complexity index is 440. The smallest absolute Gasteiger partial charge is 0.0336 e. The molecule has 0 aromatic heterocycles. The summed E-state index contributed by atoms with van der Waals surface area (Å²) in [5, 5.41) is 7.32. The largest absolute Gasteiger partial charge is 0.313 e. The maximum atomic E-state index is 3.79. The van der Waals surface area contributed by atoms with E-state index >= 15 is 0 Å². The van der Waals surface area contributed by atoms with E-state index in [0.29, 0.717) is 6.04 Å². The minimum atomic E-state index is 0.508. The summed E-state index contributed by atoms with van der Waals surface area (Å²) in [4.78, 5) is 2.56. The summed E-state index contributed by atoms with van der Waals surface area (Å²) in [5.41, 5.74) is 2.95. The lowest BCUT2D eigenvalue weighted by Crippen LogP contribution is -2.36. The van der Waals surface area contributed by atoms with Crippen molar-refractivity contribution in [2.24, 2.45) is 0 Å². The number of nitrogens with zero attached hydrogens (tertiary/aromatic N) is 1. The average Bonchev–Trinajstić information content (AvgIpc) is 2.97. The molecule has 21 heavy (non-hydrogen) atoms. The minimum absolute atomic E-state index is 0.508. The number of likely N-dealkylation sites (N-methyl/N-ethyl adjacent to an activating group) is 1. The molecule has 1 aromatic rings. The van der Waals surface area contributed by atoms with Gasteiger partial charge in [-0.1, -0.05) is 37.1 Å². The van der Waals surface area contributed by atoms with Gasteiger partial charge in [0, 0.05) is 31.7 Å². The molecule has 1 saturated carbocycles. The van der Waals surface area contributed by atoms with E-state index in [1.165, 1.54) is 43.2 Å². The molecule has 1 aliphatic carbocycles. The molecule has 3 rings (SSSR count). The number of benzene rings is 1. The molecule has 2 aliphatic rings. The Morgan fingerprint density at radius 2 is 2.00 bits per heavy atom.